The van der Waals surface area contributed by atoms with Crippen LogP contribution < -0.4 is 0 Å². The highest BCUT2D eigenvalue weighted by Gasteiger charge is 2.25. The molecule has 0 fully saturated rings. The monoisotopic (exact) mass is 505 g/mol. The van der Waals surface area contributed by atoms with E-state index >= 15 is 0 Å². The number of pyridine rings is 1. The number of rotatable bonds is 4. The maximum absolute atomic E-state index is 13.7. The quantitative estimate of drug-likeness (QED) is 0.282. The van der Waals surface area contributed by atoms with Gasteiger partial charge in [0, 0.05) is 22.7 Å². The molecule has 2 nitrogen and oxygen atoms in total. The summed E-state index contributed by atoms with van der Waals surface area (Å²) in [6.07, 6.45) is 8.18. The summed E-state index contributed by atoms with van der Waals surface area (Å²) >= 11 is 16.6. The Labute approximate surface area is 212 Å². The molecule has 1 heterocycles. The minimum atomic E-state index is -0.464. The number of hydrogen-bond donors (Lipinski definition) is 1. The normalized spacial score (nSPS) is 14.8. The van der Waals surface area contributed by atoms with Crippen LogP contribution in [-0.2, 0) is 4.79 Å². The second-order valence-corrected chi connectivity index (χ2v) is 9.46. The van der Waals surface area contributed by atoms with Gasteiger partial charge >= 0.3 is 0 Å². The van der Waals surface area contributed by atoms with Gasteiger partial charge in [-0.1, -0.05) is 77.8 Å². The third-order valence-corrected chi connectivity index (χ3v) is 6.74. The summed E-state index contributed by atoms with van der Waals surface area (Å²) in [5.74, 6) is -0.669. The summed E-state index contributed by atoms with van der Waals surface area (Å²) in [6, 6.07) is 18.4. The molecule has 0 radical (unpaired) electrons. The molecule has 0 N–H and O–H groups in total. The van der Waals surface area contributed by atoms with Crippen LogP contribution in [0, 0.1) is 5.82 Å². The second-order valence-electron chi connectivity index (χ2n) is 8.14. The molecule has 0 saturated carbocycles. The van der Waals surface area contributed by atoms with E-state index in [9.17, 15) is 9.18 Å². The van der Waals surface area contributed by atoms with Crippen molar-refractivity contribution in [3.63, 3.8) is 0 Å². The van der Waals surface area contributed by atoms with Crippen molar-refractivity contribution >= 4 is 76.2 Å². The summed E-state index contributed by atoms with van der Waals surface area (Å²) in [5, 5.41) is 1.17. The Morgan fingerprint density at radius 2 is 1.79 bits per heavy atom. The Kier molecular flexibility index (Phi) is 6.30. The van der Waals surface area contributed by atoms with Crippen molar-refractivity contribution in [1.82, 2.24) is 4.98 Å². The highest BCUT2D eigenvalue weighted by Crippen LogP contribution is 2.41. The highest BCUT2D eigenvalue weighted by atomic mass is 35.5. The Morgan fingerprint density at radius 3 is 2.62 bits per heavy atom. The number of halogens is 3. The zero-order valence-electron chi connectivity index (χ0n) is 17.8. The molecule has 0 bridgehead atoms. The van der Waals surface area contributed by atoms with Gasteiger partial charge in [-0.2, -0.15) is 0 Å². The van der Waals surface area contributed by atoms with E-state index in [0.29, 0.717) is 15.9 Å². The maximum Gasteiger partial charge on any atom is 0.186 e. The van der Waals surface area contributed by atoms with Gasteiger partial charge in [-0.3, -0.25) is 4.79 Å². The van der Waals surface area contributed by atoms with E-state index in [1.165, 1.54) is 12.1 Å². The first kappa shape index (κ1) is 22.9. The van der Waals surface area contributed by atoms with Crippen molar-refractivity contribution in [3.8, 4) is 0 Å². The minimum absolute atomic E-state index is 0.0451. The highest BCUT2D eigenvalue weighted by molar-refractivity contribution is 7.96. The Morgan fingerprint density at radius 1 is 0.971 bits per heavy atom. The summed E-state index contributed by atoms with van der Waals surface area (Å²) < 4.78 is 13.7. The molecule has 0 amide bonds. The molecule has 1 unspecified atom stereocenters. The van der Waals surface area contributed by atoms with Crippen molar-refractivity contribution in [2.75, 3.05) is 0 Å². The number of fused-ring (bicyclic) bond motifs is 3. The third kappa shape index (κ3) is 4.54. The molecule has 0 spiro atoms. The largest absolute Gasteiger partial charge is 0.287 e. The minimum Gasteiger partial charge on any atom is -0.287 e. The van der Waals surface area contributed by atoms with E-state index in [1.54, 1.807) is 0 Å². The molecule has 34 heavy (non-hydrogen) atoms. The Hall–Kier alpha value is -2.92. The number of nitrogens with zero attached hydrogens (tertiary/aromatic N) is 1. The lowest BCUT2D eigenvalue weighted by molar-refractivity contribution is -0.111. The van der Waals surface area contributed by atoms with Crippen LogP contribution in [0.5, 0.6) is 0 Å². The lowest BCUT2D eigenvalue weighted by Gasteiger charge is -2.21. The first-order chi connectivity index (χ1) is 16.4. The van der Waals surface area contributed by atoms with Crippen molar-refractivity contribution in [3.05, 3.63) is 110 Å². The number of aromatic nitrogens is 1. The molecular formula is C28H18Cl2FNOS. The number of benzene rings is 3. The van der Waals surface area contributed by atoms with Gasteiger partial charge in [-0.15, -0.1) is 12.6 Å². The van der Waals surface area contributed by atoms with E-state index in [1.807, 2.05) is 60.7 Å². The fraction of sp³-hybridized carbons (Fsp3) is 0.0714. The van der Waals surface area contributed by atoms with Crippen LogP contribution in [0.25, 0.3) is 35.2 Å². The smallest absolute Gasteiger partial charge is 0.186 e. The standard InChI is InChI=1S/C28H18Cl2FNOS/c29-23-3-1-2-18-8-7-17-6-4-16(12-21(17)22(28(18)23)14-27(33)34)5-10-20-11-9-19-13-25(31)24(30)15-26(19)32-20/h1-13,15,22H,14H2,(H,33,34). The molecule has 1 aromatic heterocycles. The summed E-state index contributed by atoms with van der Waals surface area (Å²) in [7, 11) is 0. The number of thiol groups is 1. The van der Waals surface area contributed by atoms with Gasteiger partial charge in [-0.05, 0) is 58.2 Å². The maximum atomic E-state index is 13.7. The predicted molar refractivity (Wildman–Crippen MR) is 143 cm³/mol. The lowest BCUT2D eigenvalue weighted by Crippen LogP contribution is -2.08. The second kappa shape index (κ2) is 9.38. The number of carbonyl (C=O) groups excluding carboxylic acids is 1. The van der Waals surface area contributed by atoms with Crippen LogP contribution in [0.15, 0.2) is 60.7 Å². The zero-order valence-corrected chi connectivity index (χ0v) is 20.2. The van der Waals surface area contributed by atoms with Crippen LogP contribution in [0.3, 0.4) is 0 Å². The predicted octanol–water partition coefficient (Wildman–Crippen LogP) is 8.31. The van der Waals surface area contributed by atoms with E-state index in [0.717, 1.165) is 33.5 Å². The zero-order chi connectivity index (χ0) is 23.8. The van der Waals surface area contributed by atoms with Gasteiger partial charge in [0.05, 0.1) is 16.2 Å². The summed E-state index contributed by atoms with van der Waals surface area (Å²) in [6.45, 7) is 0. The van der Waals surface area contributed by atoms with Crippen molar-refractivity contribution in [2.45, 2.75) is 12.3 Å². The molecule has 168 valence electrons. The van der Waals surface area contributed by atoms with E-state index in [4.69, 9.17) is 23.2 Å². The van der Waals surface area contributed by atoms with Crippen LogP contribution in [0.4, 0.5) is 4.39 Å². The van der Waals surface area contributed by atoms with Crippen LogP contribution in [0.2, 0.25) is 10.0 Å². The molecule has 3 aromatic carbocycles. The molecule has 1 atom stereocenters. The van der Waals surface area contributed by atoms with Gasteiger partial charge in [0.25, 0.3) is 0 Å². The van der Waals surface area contributed by atoms with Gasteiger partial charge in [-0.25, -0.2) is 9.37 Å². The molecule has 6 heteroatoms. The van der Waals surface area contributed by atoms with Crippen LogP contribution in [-0.4, -0.2) is 10.1 Å². The SMILES string of the molecule is O=C(S)CC1c2cc(C=Cc3ccc4cc(F)c(Cl)cc4n3)ccc2C=Cc2cccc(Cl)c21. The topological polar surface area (TPSA) is 30.0 Å². The summed E-state index contributed by atoms with van der Waals surface area (Å²) in [4.78, 5) is 16.6. The van der Waals surface area contributed by atoms with Crippen LogP contribution in [0.1, 0.15) is 45.8 Å². The first-order valence-electron chi connectivity index (χ1n) is 10.6. The number of hydrogen-bond acceptors (Lipinski definition) is 2. The van der Waals surface area contributed by atoms with Crippen molar-refractivity contribution in [1.29, 1.82) is 0 Å². The number of carbonyl (C=O) groups is 1. The molecule has 0 aliphatic heterocycles. The molecular weight excluding hydrogens is 488 g/mol. The third-order valence-electron chi connectivity index (χ3n) is 5.94. The first-order valence-corrected chi connectivity index (χ1v) is 11.9. The van der Waals surface area contributed by atoms with E-state index in [2.05, 4.69) is 29.8 Å². The van der Waals surface area contributed by atoms with Gasteiger partial charge in [0.2, 0.25) is 0 Å². The fourth-order valence-electron chi connectivity index (χ4n) is 4.35. The Balaban J connectivity index is 1.54. The summed E-state index contributed by atoms with van der Waals surface area (Å²) in [5.41, 5.74) is 6.28. The average molecular weight is 506 g/mol. The molecule has 1 aliphatic carbocycles. The average Bonchev–Trinajstić information content (AvgIpc) is 2.96. The molecule has 0 saturated heterocycles. The molecule has 5 rings (SSSR count). The van der Waals surface area contributed by atoms with Crippen molar-refractivity contribution < 1.29 is 9.18 Å². The van der Waals surface area contributed by atoms with E-state index < -0.39 is 5.82 Å². The lowest BCUT2D eigenvalue weighted by atomic mass is 9.84. The molecule has 4 aromatic rings. The van der Waals surface area contributed by atoms with Crippen molar-refractivity contribution in [2.24, 2.45) is 0 Å². The van der Waals surface area contributed by atoms with E-state index in [-0.39, 0.29) is 22.5 Å². The van der Waals surface area contributed by atoms with Gasteiger partial charge in [0.1, 0.15) is 5.82 Å². The Bertz CT molecular complexity index is 1510. The van der Waals surface area contributed by atoms with Crippen LogP contribution >= 0.6 is 35.8 Å². The molecule has 1 aliphatic rings. The van der Waals surface area contributed by atoms with Gasteiger partial charge < -0.3 is 0 Å². The fourth-order valence-corrected chi connectivity index (χ4v) is 5.00. The van der Waals surface area contributed by atoms with Gasteiger partial charge in [0.15, 0.2) is 5.12 Å².